The number of fused-ring (bicyclic) bond motifs is 2. The van der Waals surface area contributed by atoms with E-state index in [0.29, 0.717) is 43.8 Å². The number of amides is 5. The van der Waals surface area contributed by atoms with Crippen molar-refractivity contribution >= 4 is 46.1 Å². The SMILES string of the molecule is C[C@@H](C(=O)Nc1ccc(OCCOCCOCCOc2cccc3c2C(=O)N(C2CCC(=O)NC2=O)C3=O)cc1)C1CCC(c2ccnc3ccc(F)cc23)CC1. The summed E-state index contributed by atoms with van der Waals surface area (Å²) < 4.78 is 36.7. The maximum Gasteiger partial charge on any atom is 0.266 e. The van der Waals surface area contributed by atoms with E-state index < -0.39 is 29.7 Å². The molecule has 0 bridgehead atoms. The molecule has 3 aliphatic rings. The van der Waals surface area contributed by atoms with E-state index >= 15 is 0 Å². The highest BCUT2D eigenvalue weighted by molar-refractivity contribution is 6.24. The molecule has 298 valence electrons. The molecule has 0 spiro atoms. The number of imide groups is 2. The molecular weight excluding hydrogens is 735 g/mol. The number of piperidine rings is 1. The second-order valence-electron chi connectivity index (χ2n) is 14.5. The molecule has 14 heteroatoms. The Bertz CT molecular complexity index is 2140. The van der Waals surface area contributed by atoms with Gasteiger partial charge in [-0.05, 0) is 110 Å². The summed E-state index contributed by atoms with van der Waals surface area (Å²) in [7, 11) is 0. The molecule has 2 aliphatic heterocycles. The fourth-order valence-electron chi connectivity index (χ4n) is 7.89. The topological polar surface area (TPSA) is 162 Å². The lowest BCUT2D eigenvalue weighted by Gasteiger charge is -2.32. The molecular formula is C43H45FN4O9. The van der Waals surface area contributed by atoms with Gasteiger partial charge in [-0.1, -0.05) is 13.0 Å². The Hall–Kier alpha value is -5.73. The summed E-state index contributed by atoms with van der Waals surface area (Å²) in [6.07, 6.45) is 5.64. The minimum atomic E-state index is -1.05. The summed E-state index contributed by atoms with van der Waals surface area (Å²) in [6.45, 7) is 3.59. The fraction of sp³-hybridized carbons (Fsp3) is 0.395. The van der Waals surface area contributed by atoms with Crippen molar-refractivity contribution in [3.8, 4) is 11.5 Å². The molecule has 3 aromatic carbocycles. The first-order valence-corrected chi connectivity index (χ1v) is 19.4. The molecule has 2 N–H and O–H groups in total. The van der Waals surface area contributed by atoms with E-state index in [2.05, 4.69) is 15.6 Å². The van der Waals surface area contributed by atoms with Crippen LogP contribution in [-0.4, -0.2) is 85.1 Å². The van der Waals surface area contributed by atoms with Crippen molar-refractivity contribution in [2.75, 3.05) is 45.0 Å². The predicted octanol–water partition coefficient (Wildman–Crippen LogP) is 5.81. The molecule has 1 saturated heterocycles. The van der Waals surface area contributed by atoms with Crippen LogP contribution in [0.5, 0.6) is 11.5 Å². The Kier molecular flexibility index (Phi) is 12.5. The molecule has 5 amide bonds. The highest BCUT2D eigenvalue weighted by Crippen LogP contribution is 2.41. The van der Waals surface area contributed by atoms with Gasteiger partial charge in [0, 0.05) is 29.6 Å². The summed E-state index contributed by atoms with van der Waals surface area (Å²) in [5.41, 5.74) is 2.87. The Morgan fingerprint density at radius 3 is 2.32 bits per heavy atom. The van der Waals surface area contributed by atoms with Crippen molar-refractivity contribution < 1.29 is 47.3 Å². The maximum atomic E-state index is 14.0. The smallest absolute Gasteiger partial charge is 0.266 e. The average molecular weight is 781 g/mol. The van der Waals surface area contributed by atoms with E-state index in [4.69, 9.17) is 18.9 Å². The molecule has 57 heavy (non-hydrogen) atoms. The number of rotatable bonds is 16. The summed E-state index contributed by atoms with van der Waals surface area (Å²) >= 11 is 0. The normalized spacial score (nSPS) is 20.0. The maximum absolute atomic E-state index is 14.0. The van der Waals surface area contributed by atoms with Crippen molar-refractivity contribution in [1.29, 1.82) is 0 Å². The van der Waals surface area contributed by atoms with Crippen LogP contribution in [0.3, 0.4) is 0 Å². The summed E-state index contributed by atoms with van der Waals surface area (Å²) in [5, 5.41) is 6.10. The molecule has 2 atom stereocenters. The number of benzene rings is 3. The lowest BCUT2D eigenvalue weighted by atomic mass is 9.73. The van der Waals surface area contributed by atoms with Gasteiger partial charge in [-0.3, -0.25) is 39.2 Å². The van der Waals surface area contributed by atoms with Gasteiger partial charge in [-0.15, -0.1) is 0 Å². The Labute approximate surface area is 329 Å². The quantitative estimate of drug-likeness (QED) is 0.105. The van der Waals surface area contributed by atoms with Gasteiger partial charge in [0.1, 0.15) is 36.6 Å². The van der Waals surface area contributed by atoms with Crippen molar-refractivity contribution in [2.45, 2.75) is 57.4 Å². The van der Waals surface area contributed by atoms with Crippen molar-refractivity contribution in [3.63, 3.8) is 0 Å². The molecule has 1 aliphatic carbocycles. The fourth-order valence-corrected chi connectivity index (χ4v) is 7.89. The van der Waals surface area contributed by atoms with E-state index in [1.54, 1.807) is 42.6 Å². The summed E-state index contributed by atoms with van der Waals surface area (Å²) in [5.74, 6) is -1.31. The number of aromatic nitrogens is 1. The zero-order valence-electron chi connectivity index (χ0n) is 31.7. The van der Waals surface area contributed by atoms with Crippen LogP contribution >= 0.6 is 0 Å². The van der Waals surface area contributed by atoms with Crippen LogP contribution in [0.25, 0.3) is 10.9 Å². The van der Waals surface area contributed by atoms with Gasteiger partial charge in [0.05, 0.1) is 43.1 Å². The zero-order valence-corrected chi connectivity index (χ0v) is 31.7. The highest BCUT2D eigenvalue weighted by atomic mass is 19.1. The van der Waals surface area contributed by atoms with Gasteiger partial charge < -0.3 is 24.3 Å². The number of nitrogens with zero attached hydrogens (tertiary/aromatic N) is 2. The number of carbonyl (C=O) groups excluding carboxylic acids is 5. The predicted molar refractivity (Wildman–Crippen MR) is 206 cm³/mol. The number of pyridine rings is 1. The van der Waals surface area contributed by atoms with Crippen molar-refractivity contribution in [1.82, 2.24) is 15.2 Å². The second kappa shape index (κ2) is 18.0. The first kappa shape index (κ1) is 39.5. The summed E-state index contributed by atoms with van der Waals surface area (Å²) in [6, 6.07) is 17.6. The van der Waals surface area contributed by atoms with E-state index in [0.717, 1.165) is 47.0 Å². The molecule has 1 unspecified atom stereocenters. The molecule has 4 aromatic rings. The Balaban J connectivity index is 0.756. The first-order chi connectivity index (χ1) is 27.7. The van der Waals surface area contributed by atoms with E-state index in [1.807, 2.05) is 25.1 Å². The van der Waals surface area contributed by atoms with Gasteiger partial charge in [0.25, 0.3) is 11.8 Å². The standard InChI is InChI=1S/C43H45FN4O9/c1-26(27-5-7-28(8-6-27)32-17-18-45-35-14-9-29(44)25-34(32)35)40(50)46-30-10-12-31(13-11-30)56-23-21-54-19-20-55-22-24-57-37-4-2-3-33-39(37)43(53)48(42(33)52)36-15-16-38(49)47-41(36)51/h2-4,9-14,17-18,25-28,36H,5-8,15-16,19-24H2,1H3,(H,46,50)(H,47,49,51)/t26-,27?,28?,36?/m1/s1. The minimum Gasteiger partial charge on any atom is -0.491 e. The highest BCUT2D eigenvalue weighted by Gasteiger charge is 2.46. The van der Waals surface area contributed by atoms with Gasteiger partial charge in [0.2, 0.25) is 17.7 Å². The molecule has 13 nitrogen and oxygen atoms in total. The van der Waals surface area contributed by atoms with Crippen LogP contribution in [0.2, 0.25) is 0 Å². The van der Waals surface area contributed by atoms with Gasteiger partial charge in [-0.2, -0.15) is 0 Å². The third-order valence-electron chi connectivity index (χ3n) is 11.0. The number of ether oxygens (including phenoxy) is 4. The lowest BCUT2D eigenvalue weighted by molar-refractivity contribution is -0.136. The number of hydrogen-bond acceptors (Lipinski definition) is 10. The van der Waals surface area contributed by atoms with Crippen LogP contribution in [0.4, 0.5) is 10.1 Å². The largest absolute Gasteiger partial charge is 0.491 e. The Morgan fingerprint density at radius 2 is 1.58 bits per heavy atom. The number of halogens is 1. The van der Waals surface area contributed by atoms with Gasteiger partial charge in [-0.25, -0.2) is 4.39 Å². The van der Waals surface area contributed by atoms with Gasteiger partial charge in [0.15, 0.2) is 0 Å². The van der Waals surface area contributed by atoms with Crippen LogP contribution in [0.1, 0.15) is 77.6 Å². The Morgan fingerprint density at radius 1 is 0.860 bits per heavy atom. The minimum absolute atomic E-state index is 0.0146. The number of carbonyl (C=O) groups is 5. The third-order valence-corrected chi connectivity index (χ3v) is 11.0. The van der Waals surface area contributed by atoms with Crippen molar-refractivity contribution in [2.24, 2.45) is 11.8 Å². The second-order valence-corrected chi connectivity index (χ2v) is 14.5. The first-order valence-electron chi connectivity index (χ1n) is 19.4. The lowest BCUT2D eigenvalue weighted by Crippen LogP contribution is -2.54. The molecule has 0 radical (unpaired) electrons. The van der Waals surface area contributed by atoms with E-state index in [1.165, 1.54) is 12.1 Å². The number of hydrogen-bond donors (Lipinski definition) is 2. The van der Waals surface area contributed by atoms with Crippen LogP contribution in [0.15, 0.2) is 72.9 Å². The van der Waals surface area contributed by atoms with Gasteiger partial charge >= 0.3 is 0 Å². The number of anilines is 1. The monoisotopic (exact) mass is 780 g/mol. The van der Waals surface area contributed by atoms with Crippen molar-refractivity contribution in [3.05, 3.63) is 95.4 Å². The average Bonchev–Trinajstić information content (AvgIpc) is 3.47. The van der Waals surface area contributed by atoms with Crippen LogP contribution in [0, 0.1) is 17.7 Å². The van der Waals surface area contributed by atoms with Crippen LogP contribution < -0.4 is 20.1 Å². The molecule has 1 aromatic heterocycles. The number of nitrogens with one attached hydrogen (secondary N) is 2. The van der Waals surface area contributed by atoms with E-state index in [9.17, 15) is 28.4 Å². The molecule has 1 saturated carbocycles. The zero-order chi connectivity index (χ0) is 39.9. The van der Waals surface area contributed by atoms with E-state index in [-0.39, 0.29) is 66.5 Å². The molecule has 3 heterocycles. The van der Waals surface area contributed by atoms with Crippen LogP contribution in [-0.2, 0) is 23.9 Å². The molecule has 2 fully saturated rings. The molecule has 7 rings (SSSR count). The summed E-state index contributed by atoms with van der Waals surface area (Å²) in [4.78, 5) is 68.5. The third kappa shape index (κ3) is 9.13.